The molecule has 1 heterocycles. The van der Waals surface area contributed by atoms with Gasteiger partial charge < -0.3 is 5.32 Å². The number of nitrogens with one attached hydrogen (secondary N) is 1. The molecule has 0 bridgehead atoms. The maximum Gasteiger partial charge on any atom is 0.244 e. The lowest BCUT2D eigenvalue weighted by atomic mass is 10.1. The lowest BCUT2D eigenvalue weighted by molar-refractivity contribution is 0.262. The van der Waals surface area contributed by atoms with E-state index in [2.05, 4.69) is 21.2 Å². The van der Waals surface area contributed by atoms with Gasteiger partial charge in [0.1, 0.15) is 4.90 Å². The highest BCUT2D eigenvalue weighted by atomic mass is 79.9. The van der Waals surface area contributed by atoms with Crippen LogP contribution in [0.1, 0.15) is 26.2 Å². The van der Waals surface area contributed by atoms with Gasteiger partial charge in [-0.3, -0.25) is 0 Å². The number of hydrogen-bond acceptors (Lipinski definition) is 3. The summed E-state index contributed by atoms with van der Waals surface area (Å²) in [6, 6.07) is 5.07. The zero-order chi connectivity index (χ0) is 15.5. The summed E-state index contributed by atoms with van der Waals surface area (Å²) in [6.45, 7) is 4.22. The first-order valence-corrected chi connectivity index (χ1v) is 9.76. The van der Waals surface area contributed by atoms with E-state index in [9.17, 15) is 8.42 Å². The quantitative estimate of drug-likeness (QED) is 0.773. The molecule has 8 heteroatoms. The van der Waals surface area contributed by atoms with E-state index < -0.39 is 10.0 Å². The molecule has 0 radical (unpaired) electrons. The Bertz CT molecular complexity index is 593. The third-order valence-electron chi connectivity index (χ3n) is 3.66. The van der Waals surface area contributed by atoms with Gasteiger partial charge in [0.25, 0.3) is 0 Å². The van der Waals surface area contributed by atoms with Crippen LogP contribution in [0.25, 0.3) is 0 Å². The van der Waals surface area contributed by atoms with Crippen molar-refractivity contribution in [1.82, 2.24) is 9.62 Å². The molecule has 0 aromatic heterocycles. The molecule has 4 nitrogen and oxygen atoms in total. The fraction of sp³-hybridized carbons (Fsp3) is 0.571. The minimum Gasteiger partial charge on any atom is -0.317 e. The van der Waals surface area contributed by atoms with Gasteiger partial charge in [-0.05, 0) is 60.4 Å². The largest absolute Gasteiger partial charge is 0.317 e. The molecule has 0 saturated carbocycles. The van der Waals surface area contributed by atoms with Crippen LogP contribution in [0.4, 0.5) is 0 Å². The number of halogens is 3. The van der Waals surface area contributed by atoms with Gasteiger partial charge in [-0.1, -0.05) is 24.6 Å². The highest BCUT2D eigenvalue weighted by Crippen LogP contribution is 2.32. The standard InChI is InChI=1S/C14H20BrClN2O2S.ClH/c1-2-10-18(11-6-8-17-9-7-11)21(19,20)13-5-3-4-12(15)14(13)16;/h3-5,11,17H,2,6-10H2,1H3;1H. The number of piperidine rings is 1. The average molecular weight is 432 g/mol. The van der Waals surface area contributed by atoms with Crippen molar-refractivity contribution in [2.75, 3.05) is 19.6 Å². The Kier molecular flexibility index (Phi) is 8.12. The number of nitrogens with zero attached hydrogens (tertiary/aromatic N) is 1. The molecule has 1 aliphatic rings. The molecule has 1 fully saturated rings. The maximum absolute atomic E-state index is 13.0. The van der Waals surface area contributed by atoms with E-state index in [1.165, 1.54) is 0 Å². The zero-order valence-electron chi connectivity index (χ0n) is 12.4. The van der Waals surface area contributed by atoms with E-state index >= 15 is 0 Å². The van der Waals surface area contributed by atoms with Crippen LogP contribution < -0.4 is 5.32 Å². The predicted molar refractivity (Wildman–Crippen MR) is 96.5 cm³/mol. The van der Waals surface area contributed by atoms with Crippen LogP contribution in [-0.4, -0.2) is 38.4 Å². The summed E-state index contributed by atoms with van der Waals surface area (Å²) in [5, 5.41) is 3.53. The molecule has 0 unspecified atom stereocenters. The molecule has 1 saturated heterocycles. The van der Waals surface area contributed by atoms with Crippen LogP contribution in [0.2, 0.25) is 5.02 Å². The second kappa shape index (κ2) is 8.85. The fourth-order valence-corrected chi connectivity index (χ4v) is 5.41. The van der Waals surface area contributed by atoms with Crippen molar-refractivity contribution >= 4 is 50.0 Å². The van der Waals surface area contributed by atoms with E-state index in [1.807, 2.05) is 6.92 Å². The summed E-state index contributed by atoms with van der Waals surface area (Å²) in [5.41, 5.74) is 0. The molecule has 2 rings (SSSR count). The Hall–Kier alpha value is 0.150. The number of benzene rings is 1. The topological polar surface area (TPSA) is 49.4 Å². The molecule has 126 valence electrons. The Morgan fingerprint density at radius 1 is 1.36 bits per heavy atom. The maximum atomic E-state index is 13.0. The molecular formula is C14H21BrCl2N2O2S. The van der Waals surface area contributed by atoms with E-state index in [1.54, 1.807) is 22.5 Å². The Morgan fingerprint density at radius 3 is 2.59 bits per heavy atom. The molecule has 22 heavy (non-hydrogen) atoms. The fourth-order valence-electron chi connectivity index (χ4n) is 2.62. The first-order valence-electron chi connectivity index (χ1n) is 7.15. The smallest absolute Gasteiger partial charge is 0.244 e. The summed E-state index contributed by atoms with van der Waals surface area (Å²) < 4.78 is 28.2. The normalized spacial score (nSPS) is 16.5. The first-order chi connectivity index (χ1) is 9.98. The Morgan fingerprint density at radius 2 is 2.00 bits per heavy atom. The van der Waals surface area contributed by atoms with Crippen LogP contribution in [0.3, 0.4) is 0 Å². The van der Waals surface area contributed by atoms with Crippen LogP contribution in [0.5, 0.6) is 0 Å². The van der Waals surface area contributed by atoms with Gasteiger partial charge in [-0.2, -0.15) is 4.31 Å². The Labute approximate surface area is 152 Å². The molecule has 1 aromatic carbocycles. The molecule has 0 atom stereocenters. The number of sulfonamides is 1. The lowest BCUT2D eigenvalue weighted by Crippen LogP contribution is -2.46. The van der Waals surface area contributed by atoms with Crippen molar-refractivity contribution in [3.63, 3.8) is 0 Å². The summed E-state index contributed by atoms with van der Waals surface area (Å²) >= 11 is 9.49. The molecule has 0 aliphatic carbocycles. The van der Waals surface area contributed by atoms with Gasteiger partial charge in [-0.15, -0.1) is 12.4 Å². The van der Waals surface area contributed by atoms with Crippen LogP contribution >= 0.6 is 39.9 Å². The highest BCUT2D eigenvalue weighted by molar-refractivity contribution is 9.10. The first kappa shape index (κ1) is 20.2. The lowest BCUT2D eigenvalue weighted by Gasteiger charge is -2.33. The van der Waals surface area contributed by atoms with Crippen molar-refractivity contribution in [2.45, 2.75) is 37.1 Å². The van der Waals surface area contributed by atoms with Crippen molar-refractivity contribution in [1.29, 1.82) is 0 Å². The second-order valence-corrected chi connectivity index (χ2v) is 8.24. The molecular weight excluding hydrogens is 411 g/mol. The van der Waals surface area contributed by atoms with Crippen LogP contribution in [0.15, 0.2) is 27.6 Å². The van der Waals surface area contributed by atoms with E-state index in [0.29, 0.717) is 11.0 Å². The summed E-state index contributed by atoms with van der Waals surface area (Å²) in [5.74, 6) is 0. The molecule has 1 aliphatic heterocycles. The minimum absolute atomic E-state index is 0. The van der Waals surface area contributed by atoms with Gasteiger partial charge >= 0.3 is 0 Å². The van der Waals surface area contributed by atoms with Crippen LogP contribution in [0, 0.1) is 0 Å². The summed E-state index contributed by atoms with van der Waals surface area (Å²) in [6.07, 6.45) is 2.46. The number of hydrogen-bond donors (Lipinski definition) is 1. The zero-order valence-corrected chi connectivity index (χ0v) is 16.4. The molecule has 1 aromatic rings. The van der Waals surface area contributed by atoms with E-state index in [0.717, 1.165) is 32.4 Å². The number of rotatable bonds is 5. The third kappa shape index (κ3) is 4.36. The van der Waals surface area contributed by atoms with Gasteiger partial charge in [0.2, 0.25) is 10.0 Å². The second-order valence-electron chi connectivity index (χ2n) is 5.15. The molecule has 0 spiro atoms. The van der Waals surface area contributed by atoms with Gasteiger partial charge in [0, 0.05) is 17.1 Å². The van der Waals surface area contributed by atoms with E-state index in [4.69, 9.17) is 11.6 Å². The minimum atomic E-state index is -3.57. The van der Waals surface area contributed by atoms with Crippen molar-refractivity contribution in [3.8, 4) is 0 Å². The van der Waals surface area contributed by atoms with Crippen molar-refractivity contribution in [2.24, 2.45) is 0 Å². The third-order valence-corrected chi connectivity index (χ3v) is 7.07. The summed E-state index contributed by atoms with van der Waals surface area (Å²) in [4.78, 5) is 0.186. The van der Waals surface area contributed by atoms with Crippen molar-refractivity contribution in [3.05, 3.63) is 27.7 Å². The van der Waals surface area contributed by atoms with Crippen LogP contribution in [-0.2, 0) is 10.0 Å². The predicted octanol–water partition coefficient (Wildman–Crippen LogP) is 3.68. The molecule has 1 N–H and O–H groups in total. The monoisotopic (exact) mass is 430 g/mol. The highest BCUT2D eigenvalue weighted by Gasteiger charge is 2.33. The van der Waals surface area contributed by atoms with Gasteiger partial charge in [0.15, 0.2) is 0 Å². The summed E-state index contributed by atoms with van der Waals surface area (Å²) in [7, 11) is -3.57. The van der Waals surface area contributed by atoms with Gasteiger partial charge in [-0.25, -0.2) is 8.42 Å². The van der Waals surface area contributed by atoms with E-state index in [-0.39, 0.29) is 28.4 Å². The SMILES string of the molecule is CCCN(C1CCNCC1)S(=O)(=O)c1cccc(Br)c1Cl.Cl. The molecule has 0 amide bonds. The van der Waals surface area contributed by atoms with Crippen molar-refractivity contribution < 1.29 is 8.42 Å². The van der Waals surface area contributed by atoms with Gasteiger partial charge in [0.05, 0.1) is 5.02 Å². The average Bonchev–Trinajstić information content (AvgIpc) is 2.48. The Balaban J connectivity index is 0.00000242.